The molecule has 32 heavy (non-hydrogen) atoms. The summed E-state index contributed by atoms with van der Waals surface area (Å²) in [6.45, 7) is 3.64. The van der Waals surface area contributed by atoms with Crippen LogP contribution in [0, 0.1) is 0 Å². The smallest absolute Gasteiger partial charge is 0.182 e. The summed E-state index contributed by atoms with van der Waals surface area (Å²) in [7, 11) is 0. The second-order valence-electron chi connectivity index (χ2n) is 8.30. The maximum atomic E-state index is 10.3. The highest BCUT2D eigenvalue weighted by molar-refractivity contribution is 7.19. The molecular weight excluding hydrogens is 446 g/mol. The molecule has 0 spiro atoms. The van der Waals surface area contributed by atoms with Gasteiger partial charge in [0.15, 0.2) is 11.9 Å². The number of hydrogen-bond acceptors (Lipinski definition) is 7. The number of nitrogens with zero attached hydrogens (tertiary/aromatic N) is 2. The van der Waals surface area contributed by atoms with Gasteiger partial charge in [0, 0.05) is 64.3 Å². The number of ether oxygens (including phenoxy) is 1. The SMILES string of the molecule is CCC(O)c1cc2nccc(-c3cc(Cl)cc4c3O[C@H](c3onc5c3CNCC5)C4)c2s1. The molecule has 0 radical (unpaired) electrons. The van der Waals surface area contributed by atoms with E-state index >= 15 is 0 Å². The van der Waals surface area contributed by atoms with Crippen LogP contribution in [0.1, 0.15) is 53.0 Å². The number of aliphatic hydroxyl groups is 1. The molecule has 164 valence electrons. The largest absolute Gasteiger partial charge is 0.481 e. The van der Waals surface area contributed by atoms with Gasteiger partial charge in [-0.25, -0.2) is 0 Å². The second kappa shape index (κ2) is 7.85. The lowest BCUT2D eigenvalue weighted by Gasteiger charge is -2.15. The number of pyridine rings is 1. The summed E-state index contributed by atoms with van der Waals surface area (Å²) < 4.78 is 13.3. The quantitative estimate of drug-likeness (QED) is 0.420. The van der Waals surface area contributed by atoms with E-state index < -0.39 is 6.10 Å². The predicted molar refractivity (Wildman–Crippen MR) is 124 cm³/mol. The zero-order chi connectivity index (χ0) is 21.8. The molecule has 0 fully saturated rings. The number of nitrogens with one attached hydrogen (secondary N) is 1. The summed E-state index contributed by atoms with van der Waals surface area (Å²) in [5.74, 6) is 1.63. The molecular formula is C24H22ClN3O3S. The normalized spacial score (nSPS) is 18.4. The van der Waals surface area contributed by atoms with Crippen molar-refractivity contribution in [3.8, 4) is 16.9 Å². The Balaban J connectivity index is 1.44. The van der Waals surface area contributed by atoms with Crippen molar-refractivity contribution < 1.29 is 14.4 Å². The van der Waals surface area contributed by atoms with E-state index in [0.29, 0.717) is 17.9 Å². The molecule has 5 heterocycles. The maximum Gasteiger partial charge on any atom is 0.182 e. The van der Waals surface area contributed by atoms with E-state index in [9.17, 15) is 5.11 Å². The highest BCUT2D eigenvalue weighted by Crippen LogP contribution is 2.48. The van der Waals surface area contributed by atoms with Crippen LogP contribution in [0.15, 0.2) is 35.0 Å². The molecule has 4 aromatic rings. The molecule has 2 N–H and O–H groups in total. The van der Waals surface area contributed by atoms with E-state index in [4.69, 9.17) is 20.9 Å². The van der Waals surface area contributed by atoms with Crippen LogP contribution in [0.25, 0.3) is 21.3 Å². The molecule has 0 bridgehead atoms. The molecule has 8 heteroatoms. The first-order valence-corrected chi connectivity index (χ1v) is 12.1. The van der Waals surface area contributed by atoms with Crippen LogP contribution in [-0.2, 0) is 19.4 Å². The van der Waals surface area contributed by atoms with Crippen LogP contribution in [0.2, 0.25) is 5.02 Å². The standard InChI is InChI=1S/C24H22ClN3O3S/c1-2-19(29)21-10-18-24(32-21)14(3-6-27-18)15-9-13(25)7-12-8-20(30-22(12)15)23-16-11-26-5-4-17(16)28-31-23/h3,6-7,9-10,19-20,26,29H,2,4-5,8,11H2,1H3/t19?,20-/m0/s1. The number of benzene rings is 1. The monoisotopic (exact) mass is 467 g/mol. The van der Waals surface area contributed by atoms with Gasteiger partial charge >= 0.3 is 0 Å². The zero-order valence-corrected chi connectivity index (χ0v) is 19.1. The number of halogens is 1. The first-order chi connectivity index (χ1) is 15.6. The van der Waals surface area contributed by atoms with Crippen molar-refractivity contribution in [2.75, 3.05) is 6.54 Å². The number of thiophene rings is 1. The molecule has 2 aliphatic heterocycles. The fraction of sp³-hybridized carbons (Fsp3) is 0.333. The van der Waals surface area contributed by atoms with Crippen molar-refractivity contribution in [2.24, 2.45) is 0 Å². The van der Waals surface area contributed by atoms with Crippen molar-refractivity contribution >= 4 is 33.2 Å². The Morgan fingerprint density at radius 3 is 3.09 bits per heavy atom. The van der Waals surface area contributed by atoms with Crippen LogP contribution in [0.4, 0.5) is 0 Å². The minimum absolute atomic E-state index is 0.225. The van der Waals surface area contributed by atoms with Crippen LogP contribution >= 0.6 is 22.9 Å². The first kappa shape index (κ1) is 20.2. The zero-order valence-electron chi connectivity index (χ0n) is 17.5. The van der Waals surface area contributed by atoms with Gasteiger partial charge < -0.3 is 19.7 Å². The van der Waals surface area contributed by atoms with Crippen LogP contribution < -0.4 is 10.1 Å². The van der Waals surface area contributed by atoms with E-state index in [1.807, 2.05) is 31.2 Å². The summed E-state index contributed by atoms with van der Waals surface area (Å²) in [5, 5.41) is 18.7. The Bertz CT molecular complexity index is 1330. The fourth-order valence-electron chi connectivity index (χ4n) is 4.62. The van der Waals surface area contributed by atoms with Crippen molar-refractivity contribution in [1.82, 2.24) is 15.5 Å². The summed E-state index contributed by atoms with van der Waals surface area (Å²) in [6.07, 6.45) is 3.30. The van der Waals surface area contributed by atoms with Gasteiger partial charge in [0.2, 0.25) is 0 Å². The van der Waals surface area contributed by atoms with Gasteiger partial charge in [-0.15, -0.1) is 11.3 Å². The number of rotatable bonds is 4. The number of fused-ring (bicyclic) bond motifs is 3. The lowest BCUT2D eigenvalue weighted by atomic mass is 9.99. The Labute approximate surface area is 194 Å². The molecule has 3 aromatic heterocycles. The van der Waals surface area contributed by atoms with Gasteiger partial charge in [-0.3, -0.25) is 4.98 Å². The molecule has 0 saturated carbocycles. The summed E-state index contributed by atoms with van der Waals surface area (Å²) in [5.41, 5.74) is 6.01. The van der Waals surface area contributed by atoms with Gasteiger partial charge in [-0.2, -0.15) is 0 Å². The fourth-order valence-corrected chi connectivity index (χ4v) is 6.07. The Hall–Kier alpha value is -2.45. The molecule has 2 atom stereocenters. The van der Waals surface area contributed by atoms with Gasteiger partial charge in [0.05, 0.1) is 22.0 Å². The molecule has 1 aromatic carbocycles. The topological polar surface area (TPSA) is 80.4 Å². The minimum Gasteiger partial charge on any atom is -0.481 e. The summed E-state index contributed by atoms with van der Waals surface area (Å²) in [6, 6.07) is 7.88. The average molecular weight is 468 g/mol. The molecule has 6 rings (SSSR count). The van der Waals surface area contributed by atoms with E-state index in [1.54, 1.807) is 17.5 Å². The van der Waals surface area contributed by atoms with Crippen LogP contribution in [-0.4, -0.2) is 21.8 Å². The Kier molecular flexibility index (Phi) is 4.95. The van der Waals surface area contributed by atoms with E-state index in [1.165, 1.54) is 0 Å². The minimum atomic E-state index is -0.487. The Morgan fingerprint density at radius 1 is 1.31 bits per heavy atom. The van der Waals surface area contributed by atoms with E-state index in [2.05, 4.69) is 15.5 Å². The molecule has 6 nitrogen and oxygen atoms in total. The van der Waals surface area contributed by atoms with Crippen molar-refractivity contribution in [3.05, 3.63) is 62.9 Å². The van der Waals surface area contributed by atoms with E-state index in [0.717, 1.165) is 74.1 Å². The van der Waals surface area contributed by atoms with Crippen molar-refractivity contribution in [1.29, 1.82) is 0 Å². The number of aromatic nitrogens is 2. The number of hydrogen-bond donors (Lipinski definition) is 2. The lowest BCUT2D eigenvalue weighted by molar-refractivity contribution is 0.177. The average Bonchev–Trinajstić information content (AvgIpc) is 3.53. The molecule has 0 aliphatic carbocycles. The number of aliphatic hydroxyl groups excluding tert-OH is 1. The highest BCUT2D eigenvalue weighted by Gasteiger charge is 2.34. The van der Waals surface area contributed by atoms with Gasteiger partial charge in [-0.05, 0) is 30.7 Å². The third-order valence-corrected chi connectivity index (χ3v) is 7.74. The van der Waals surface area contributed by atoms with Crippen molar-refractivity contribution in [3.63, 3.8) is 0 Å². The van der Waals surface area contributed by atoms with Crippen molar-refractivity contribution in [2.45, 2.75) is 44.9 Å². The van der Waals surface area contributed by atoms with E-state index in [-0.39, 0.29) is 6.10 Å². The predicted octanol–water partition coefficient (Wildman–Crippen LogP) is 5.37. The highest BCUT2D eigenvalue weighted by atomic mass is 35.5. The maximum absolute atomic E-state index is 10.3. The summed E-state index contributed by atoms with van der Waals surface area (Å²) >= 11 is 8.11. The third-order valence-electron chi connectivity index (χ3n) is 6.27. The lowest BCUT2D eigenvalue weighted by Crippen LogP contribution is -2.24. The first-order valence-electron chi connectivity index (χ1n) is 10.9. The molecule has 0 saturated heterocycles. The van der Waals surface area contributed by atoms with Gasteiger partial charge in [0.25, 0.3) is 0 Å². The van der Waals surface area contributed by atoms with Crippen LogP contribution in [0.5, 0.6) is 5.75 Å². The van der Waals surface area contributed by atoms with Crippen LogP contribution in [0.3, 0.4) is 0 Å². The second-order valence-corrected chi connectivity index (χ2v) is 9.82. The van der Waals surface area contributed by atoms with Gasteiger partial charge in [0.1, 0.15) is 5.75 Å². The molecule has 2 aliphatic rings. The van der Waals surface area contributed by atoms with Gasteiger partial charge in [-0.1, -0.05) is 23.7 Å². The third kappa shape index (κ3) is 3.23. The molecule has 0 amide bonds. The molecule has 1 unspecified atom stereocenters. The Morgan fingerprint density at radius 2 is 2.22 bits per heavy atom. The summed E-state index contributed by atoms with van der Waals surface area (Å²) in [4.78, 5) is 5.44.